The summed E-state index contributed by atoms with van der Waals surface area (Å²) in [6.07, 6.45) is 4.56. The second kappa shape index (κ2) is 9.80. The number of hydrogen-bond donors (Lipinski definition) is 1. The molecule has 0 spiro atoms. The van der Waals surface area contributed by atoms with Crippen LogP contribution in [0.3, 0.4) is 0 Å². The second-order valence-electron chi connectivity index (χ2n) is 5.87. The molecule has 1 amide bonds. The van der Waals surface area contributed by atoms with Gasteiger partial charge >= 0.3 is 0 Å². The molecule has 0 saturated carbocycles. The zero-order valence-corrected chi connectivity index (χ0v) is 16.0. The summed E-state index contributed by atoms with van der Waals surface area (Å²) in [5, 5.41) is 3.41. The van der Waals surface area contributed by atoms with Gasteiger partial charge in [-0.2, -0.15) is 0 Å². The zero-order chi connectivity index (χ0) is 16.8. The van der Waals surface area contributed by atoms with Crippen molar-refractivity contribution >= 4 is 30.1 Å². The molecule has 2 heterocycles. The lowest BCUT2D eigenvalue weighted by Gasteiger charge is -2.36. The third kappa shape index (κ3) is 5.21. The van der Waals surface area contributed by atoms with E-state index in [0.717, 1.165) is 31.0 Å². The van der Waals surface area contributed by atoms with E-state index >= 15 is 0 Å². The molecule has 1 fully saturated rings. The fraction of sp³-hybridized carbons (Fsp3) is 0.368. The molecular formula is C19H24ClN3OS. The van der Waals surface area contributed by atoms with Crippen molar-refractivity contribution in [2.75, 3.05) is 25.4 Å². The Morgan fingerprint density at radius 3 is 2.64 bits per heavy atom. The highest BCUT2D eigenvalue weighted by atomic mass is 35.5. The second-order valence-corrected chi connectivity index (χ2v) is 6.92. The molecule has 1 aliphatic heterocycles. The van der Waals surface area contributed by atoms with E-state index in [1.807, 2.05) is 17.0 Å². The number of benzene rings is 1. The average molecular weight is 378 g/mol. The normalized spacial score (nSPS) is 17.0. The average Bonchev–Trinajstić information content (AvgIpc) is 2.67. The Morgan fingerprint density at radius 1 is 1.24 bits per heavy atom. The van der Waals surface area contributed by atoms with Gasteiger partial charge < -0.3 is 10.2 Å². The highest BCUT2D eigenvalue weighted by Gasteiger charge is 2.27. The van der Waals surface area contributed by atoms with Crippen LogP contribution in [0.25, 0.3) is 0 Å². The number of carbonyl (C=O) groups excluding carboxylic acids is 1. The minimum Gasteiger partial charge on any atom is -0.332 e. The highest BCUT2D eigenvalue weighted by Crippen LogP contribution is 2.25. The Balaban J connectivity index is 0.00000225. The third-order valence-electron chi connectivity index (χ3n) is 4.35. The SMILES string of the molecule is CCc1ccc(C2CNCCN2C(=O)CSc2ccncc2)cc1.Cl. The van der Waals surface area contributed by atoms with Crippen LogP contribution in [0, 0.1) is 0 Å². The Kier molecular flexibility index (Phi) is 7.75. The van der Waals surface area contributed by atoms with Crippen molar-refractivity contribution in [3.05, 3.63) is 59.9 Å². The number of carbonyl (C=O) groups is 1. The predicted molar refractivity (Wildman–Crippen MR) is 105 cm³/mol. The van der Waals surface area contributed by atoms with Crippen LogP contribution >= 0.6 is 24.2 Å². The summed E-state index contributed by atoms with van der Waals surface area (Å²) in [7, 11) is 0. The van der Waals surface area contributed by atoms with E-state index < -0.39 is 0 Å². The number of thioether (sulfide) groups is 1. The van der Waals surface area contributed by atoms with Crippen molar-refractivity contribution in [3.63, 3.8) is 0 Å². The van der Waals surface area contributed by atoms with Crippen LogP contribution in [0.15, 0.2) is 53.7 Å². The maximum absolute atomic E-state index is 12.7. The van der Waals surface area contributed by atoms with Crippen molar-refractivity contribution < 1.29 is 4.79 Å². The van der Waals surface area contributed by atoms with Gasteiger partial charge in [-0.1, -0.05) is 31.2 Å². The minimum absolute atomic E-state index is 0. The van der Waals surface area contributed by atoms with Crippen molar-refractivity contribution in [3.8, 4) is 0 Å². The molecule has 6 heteroatoms. The molecule has 0 aliphatic carbocycles. The molecule has 4 nitrogen and oxygen atoms in total. The largest absolute Gasteiger partial charge is 0.332 e. The Labute approximate surface area is 159 Å². The number of hydrogen-bond acceptors (Lipinski definition) is 4. The number of nitrogens with zero attached hydrogens (tertiary/aromatic N) is 2. The fourth-order valence-corrected chi connectivity index (χ4v) is 3.71. The van der Waals surface area contributed by atoms with E-state index in [2.05, 4.69) is 41.5 Å². The molecule has 3 rings (SSSR count). The van der Waals surface area contributed by atoms with Crippen LogP contribution in [-0.4, -0.2) is 41.2 Å². The van der Waals surface area contributed by atoms with Gasteiger partial charge in [0, 0.05) is 36.9 Å². The monoisotopic (exact) mass is 377 g/mol. The number of rotatable bonds is 5. The summed E-state index contributed by atoms with van der Waals surface area (Å²) in [6, 6.07) is 12.7. The molecular weight excluding hydrogens is 354 g/mol. The van der Waals surface area contributed by atoms with Gasteiger partial charge in [0.05, 0.1) is 11.8 Å². The van der Waals surface area contributed by atoms with Crippen molar-refractivity contribution in [1.29, 1.82) is 0 Å². The van der Waals surface area contributed by atoms with E-state index in [1.54, 1.807) is 24.2 Å². The molecule has 1 aromatic carbocycles. The number of pyridine rings is 1. The van der Waals surface area contributed by atoms with E-state index in [4.69, 9.17) is 0 Å². The number of aryl methyl sites for hydroxylation is 1. The quantitative estimate of drug-likeness (QED) is 0.812. The van der Waals surface area contributed by atoms with Crippen LogP contribution < -0.4 is 5.32 Å². The molecule has 134 valence electrons. The van der Waals surface area contributed by atoms with Gasteiger partial charge in [0.1, 0.15) is 0 Å². The van der Waals surface area contributed by atoms with E-state index in [9.17, 15) is 4.79 Å². The smallest absolute Gasteiger partial charge is 0.233 e. The Bertz CT molecular complexity index is 666. The number of halogens is 1. The van der Waals surface area contributed by atoms with Crippen molar-refractivity contribution in [2.24, 2.45) is 0 Å². The summed E-state index contributed by atoms with van der Waals surface area (Å²) >= 11 is 1.57. The topological polar surface area (TPSA) is 45.2 Å². The Morgan fingerprint density at radius 2 is 1.96 bits per heavy atom. The van der Waals surface area contributed by atoms with Gasteiger partial charge in [0.15, 0.2) is 0 Å². The lowest BCUT2D eigenvalue weighted by Crippen LogP contribution is -2.49. The molecule has 1 aromatic heterocycles. The van der Waals surface area contributed by atoms with Gasteiger partial charge in [-0.15, -0.1) is 24.2 Å². The van der Waals surface area contributed by atoms with Gasteiger partial charge in [0.2, 0.25) is 5.91 Å². The summed E-state index contributed by atoms with van der Waals surface area (Å²) in [4.78, 5) is 19.9. The molecule has 2 aromatic rings. The lowest BCUT2D eigenvalue weighted by molar-refractivity contribution is -0.131. The predicted octanol–water partition coefficient (Wildman–Crippen LogP) is 3.33. The van der Waals surface area contributed by atoms with Gasteiger partial charge in [-0.05, 0) is 29.7 Å². The summed E-state index contributed by atoms with van der Waals surface area (Å²) in [6.45, 7) is 4.59. The summed E-state index contributed by atoms with van der Waals surface area (Å²) in [5.74, 6) is 0.663. The maximum atomic E-state index is 12.7. The number of amides is 1. The van der Waals surface area contributed by atoms with Crippen LogP contribution in [0.4, 0.5) is 0 Å². The van der Waals surface area contributed by atoms with E-state index in [1.165, 1.54) is 11.1 Å². The van der Waals surface area contributed by atoms with Crippen LogP contribution in [-0.2, 0) is 11.2 Å². The molecule has 1 aliphatic rings. The first-order chi connectivity index (χ1) is 11.8. The Hall–Kier alpha value is -1.56. The van der Waals surface area contributed by atoms with E-state index in [0.29, 0.717) is 5.75 Å². The minimum atomic E-state index is 0. The van der Waals surface area contributed by atoms with Gasteiger partial charge in [0.25, 0.3) is 0 Å². The first kappa shape index (κ1) is 19.8. The van der Waals surface area contributed by atoms with Crippen molar-refractivity contribution in [2.45, 2.75) is 24.3 Å². The molecule has 1 atom stereocenters. The first-order valence-corrected chi connectivity index (χ1v) is 9.38. The standard InChI is InChI=1S/C19H23N3OS.ClH/c1-2-15-3-5-16(6-4-15)18-13-21-11-12-22(18)19(23)14-24-17-7-9-20-10-8-17;/h3-10,18,21H,2,11-14H2,1H3;1H. The molecule has 0 radical (unpaired) electrons. The van der Waals surface area contributed by atoms with Crippen molar-refractivity contribution in [1.82, 2.24) is 15.2 Å². The molecule has 1 saturated heterocycles. The fourth-order valence-electron chi connectivity index (χ4n) is 2.94. The van der Waals surface area contributed by atoms with Crippen LogP contribution in [0.1, 0.15) is 24.1 Å². The lowest BCUT2D eigenvalue weighted by atomic mass is 10.0. The zero-order valence-electron chi connectivity index (χ0n) is 14.4. The number of aromatic nitrogens is 1. The first-order valence-electron chi connectivity index (χ1n) is 8.39. The van der Waals surface area contributed by atoms with Gasteiger partial charge in [-0.25, -0.2) is 0 Å². The molecule has 0 bridgehead atoms. The summed E-state index contributed by atoms with van der Waals surface area (Å²) in [5.41, 5.74) is 2.54. The van der Waals surface area contributed by atoms with Crippen LogP contribution in [0.5, 0.6) is 0 Å². The number of piperazine rings is 1. The third-order valence-corrected chi connectivity index (χ3v) is 5.35. The highest BCUT2D eigenvalue weighted by molar-refractivity contribution is 8.00. The van der Waals surface area contributed by atoms with Gasteiger partial charge in [-0.3, -0.25) is 9.78 Å². The van der Waals surface area contributed by atoms with Crippen LogP contribution in [0.2, 0.25) is 0 Å². The molecule has 25 heavy (non-hydrogen) atoms. The maximum Gasteiger partial charge on any atom is 0.233 e. The number of nitrogens with one attached hydrogen (secondary N) is 1. The summed E-state index contributed by atoms with van der Waals surface area (Å²) < 4.78 is 0. The molecule has 1 N–H and O–H groups in total. The molecule has 1 unspecified atom stereocenters. The van der Waals surface area contributed by atoms with E-state index in [-0.39, 0.29) is 24.4 Å².